The molecule has 6 N–H and O–H groups in total. The number of aliphatic hydroxyl groups is 6. The van der Waals surface area contributed by atoms with Crippen LogP contribution in [0, 0.1) is 16.2 Å². The molecule has 300 valence electrons. The van der Waals surface area contributed by atoms with Crippen LogP contribution in [0.4, 0.5) is 0 Å². The van der Waals surface area contributed by atoms with Gasteiger partial charge in [0.15, 0.2) is 0 Å². The van der Waals surface area contributed by atoms with Gasteiger partial charge in [-0.3, -0.25) is 0 Å². The summed E-state index contributed by atoms with van der Waals surface area (Å²) in [5.41, 5.74) is -2.48. The van der Waals surface area contributed by atoms with Gasteiger partial charge in [-0.2, -0.15) is 25.8 Å². The van der Waals surface area contributed by atoms with Gasteiger partial charge in [0, 0.05) is 37.3 Å². The fraction of sp³-hybridized carbons (Fsp3) is 0.889. The molecule has 0 fully saturated rings. The zero-order valence-electron chi connectivity index (χ0n) is 28.7. The van der Waals surface area contributed by atoms with E-state index in [0.717, 1.165) is 38.5 Å². The van der Waals surface area contributed by atoms with Crippen molar-refractivity contribution in [3.63, 3.8) is 0 Å². The summed E-state index contributed by atoms with van der Waals surface area (Å²) in [5, 5.41) is 54.5. The molecule has 0 atom stereocenters. The van der Waals surface area contributed by atoms with Gasteiger partial charge in [0.25, 0.3) is 0 Å². The van der Waals surface area contributed by atoms with Crippen molar-refractivity contribution in [1.82, 2.24) is 0 Å². The van der Waals surface area contributed by atoms with Gasteiger partial charge in [-0.1, -0.05) is 59.3 Å². The molecule has 0 bridgehead atoms. The van der Waals surface area contributed by atoms with Crippen molar-refractivity contribution in [2.24, 2.45) is 16.2 Å². The first-order chi connectivity index (χ1) is 22.8. The van der Waals surface area contributed by atoms with Crippen molar-refractivity contribution in [2.45, 2.75) is 78.6 Å². The van der Waals surface area contributed by atoms with Crippen LogP contribution in [-0.4, -0.2) is 110 Å². The molecule has 0 aromatic rings. The summed E-state index contributed by atoms with van der Waals surface area (Å²) in [6, 6.07) is 0. The SMILES string of the molecule is C=O.C=O.C=O.CCCCC(CO)(CO)COP([O-])[O-].CCCCC(CO)(CO)COP([O-])[O-].CCCCC(CO)(CO)COP([O-])[O-].[Mo]. The maximum Gasteiger partial charge on any atom is 0.106 e. The molecule has 0 spiro atoms. The van der Waals surface area contributed by atoms with Crippen LogP contribution in [0.5, 0.6) is 0 Å². The fourth-order valence-corrected chi connectivity index (χ4v) is 4.48. The molecule has 22 heteroatoms. The molecule has 0 rings (SSSR count). The van der Waals surface area contributed by atoms with Crippen molar-refractivity contribution in [3.05, 3.63) is 0 Å². The number of rotatable bonds is 24. The van der Waals surface area contributed by atoms with E-state index in [9.17, 15) is 29.4 Å². The van der Waals surface area contributed by atoms with E-state index < -0.39 is 42.1 Å². The van der Waals surface area contributed by atoms with Gasteiger partial charge in [0.1, 0.15) is 20.4 Å². The van der Waals surface area contributed by atoms with Crippen molar-refractivity contribution < 1.29 is 109 Å². The van der Waals surface area contributed by atoms with E-state index in [1.807, 2.05) is 41.1 Å². The number of carbonyl (C=O) groups is 3. The minimum Gasteiger partial charge on any atom is -0.820 e. The van der Waals surface area contributed by atoms with Crippen molar-refractivity contribution >= 4 is 46.2 Å². The Morgan fingerprint density at radius 2 is 0.612 bits per heavy atom. The van der Waals surface area contributed by atoms with Crippen molar-refractivity contribution in [1.29, 1.82) is 0 Å². The maximum absolute atomic E-state index is 10.2. The molecule has 0 aromatic heterocycles. The Morgan fingerprint density at radius 1 is 0.449 bits per heavy atom. The number of aliphatic hydroxyl groups excluding tert-OH is 6. The van der Waals surface area contributed by atoms with Gasteiger partial charge in [-0.15, -0.1) is 0 Å². The summed E-state index contributed by atoms with van der Waals surface area (Å²) in [6.45, 7) is 9.85. The van der Waals surface area contributed by atoms with Crippen LogP contribution >= 0.6 is 25.8 Å². The Morgan fingerprint density at radius 3 is 0.714 bits per heavy atom. The molecule has 18 nitrogen and oxygen atoms in total. The second kappa shape index (κ2) is 46.4. The summed E-state index contributed by atoms with van der Waals surface area (Å²) < 4.78 is 13.3. The average Bonchev–Trinajstić information content (AvgIpc) is 3.12. The second-order valence-corrected chi connectivity index (χ2v) is 12.4. The molecule has 0 aliphatic carbocycles. The summed E-state index contributed by atoms with van der Waals surface area (Å²) in [5.74, 6) is 0. The number of hydrogen-bond acceptors (Lipinski definition) is 18. The Bertz CT molecular complexity index is 541. The number of carbonyl (C=O) groups excluding carboxylic acids is 3. The quantitative estimate of drug-likeness (QED) is 0.0411. The third-order valence-corrected chi connectivity index (χ3v) is 7.64. The molecule has 0 saturated heterocycles. The van der Waals surface area contributed by atoms with E-state index >= 15 is 0 Å². The smallest absolute Gasteiger partial charge is 0.106 e. The molecule has 0 heterocycles. The molecule has 49 heavy (non-hydrogen) atoms. The standard InChI is InChI=1S/3C8H17O5P.3CH2O.Mo/c3*1-2-3-4-8(5-9,6-10)7-13-14(11)12;3*1-2;/h3*9-10H,2-7H2,1H3;3*1H2;/q3*-2;;;;. The van der Waals surface area contributed by atoms with Crippen LogP contribution in [-0.2, 0) is 49.0 Å². The van der Waals surface area contributed by atoms with Crippen LogP contribution in [0.2, 0.25) is 0 Å². The van der Waals surface area contributed by atoms with Crippen molar-refractivity contribution in [3.8, 4) is 0 Å². The normalized spacial score (nSPS) is 10.9. The third kappa shape index (κ3) is 39.4. The number of unbranched alkanes of at least 4 members (excludes halogenated alkanes) is 3. The predicted molar refractivity (Wildman–Crippen MR) is 168 cm³/mol. The molecule has 0 saturated carbocycles. The zero-order valence-corrected chi connectivity index (χ0v) is 33.4. The van der Waals surface area contributed by atoms with Gasteiger partial charge in [0.05, 0.1) is 59.5 Å². The minimum atomic E-state index is -2.91. The Hall–Kier alpha value is 0.388. The van der Waals surface area contributed by atoms with Gasteiger partial charge in [-0.25, -0.2) is 0 Å². The van der Waals surface area contributed by atoms with Crippen LogP contribution in [0.25, 0.3) is 0 Å². The van der Waals surface area contributed by atoms with Gasteiger partial charge < -0.3 is 88.0 Å². The summed E-state index contributed by atoms with van der Waals surface area (Å²) >= 11 is 0. The third-order valence-electron chi connectivity index (χ3n) is 6.62. The fourth-order valence-electron chi connectivity index (χ4n) is 3.34. The van der Waals surface area contributed by atoms with Gasteiger partial charge >= 0.3 is 0 Å². The molecule has 0 unspecified atom stereocenters. The molecule has 0 aromatic carbocycles. The van der Waals surface area contributed by atoms with E-state index in [1.165, 1.54) is 0 Å². The topological polar surface area (TPSA) is 339 Å². The first-order valence-corrected chi connectivity index (χ1v) is 17.9. The van der Waals surface area contributed by atoms with E-state index in [1.54, 1.807) is 0 Å². The molecular weight excluding hydrogens is 801 g/mol. The summed E-state index contributed by atoms with van der Waals surface area (Å²) in [7, 11) is -8.74. The molecule has 0 aliphatic rings. The number of hydrogen-bond donors (Lipinski definition) is 6. The van der Waals surface area contributed by atoms with E-state index in [2.05, 4.69) is 13.6 Å². The van der Waals surface area contributed by atoms with Crippen LogP contribution in [0.15, 0.2) is 0 Å². The van der Waals surface area contributed by atoms with Gasteiger partial charge in [0.2, 0.25) is 0 Å². The molecule has 0 aliphatic heterocycles. The largest absolute Gasteiger partial charge is 0.820 e. The average molecular weight is 859 g/mol. The second-order valence-electron chi connectivity index (χ2n) is 10.3. The Kier molecular flexibility index (Phi) is 61.0. The van der Waals surface area contributed by atoms with Gasteiger partial charge in [-0.05, 0) is 19.3 Å². The molecular formula is C27H57MoO18P3-6. The first kappa shape index (κ1) is 64.4. The van der Waals surface area contributed by atoms with Crippen molar-refractivity contribution in [2.75, 3.05) is 59.5 Å². The van der Waals surface area contributed by atoms with E-state index in [0.29, 0.717) is 19.3 Å². The zero-order chi connectivity index (χ0) is 39.1. The molecule has 0 radical (unpaired) electrons. The summed E-state index contributed by atoms with van der Waals surface area (Å²) in [6.07, 6.45) is 6.89. The first-order valence-electron chi connectivity index (χ1n) is 14.6. The minimum absolute atomic E-state index is 0. The molecule has 0 amide bonds. The van der Waals surface area contributed by atoms with Crippen LogP contribution in [0.1, 0.15) is 78.6 Å². The predicted octanol–water partition coefficient (Wildman–Crippen LogP) is -3.22. The van der Waals surface area contributed by atoms with E-state index in [4.69, 9.17) is 45.0 Å². The van der Waals surface area contributed by atoms with Crippen LogP contribution < -0.4 is 29.4 Å². The maximum atomic E-state index is 10.2. The van der Waals surface area contributed by atoms with Crippen LogP contribution in [0.3, 0.4) is 0 Å². The summed E-state index contributed by atoms with van der Waals surface area (Å²) in [4.78, 5) is 85.2. The Balaban J connectivity index is -0.0000000990. The monoisotopic (exact) mass is 860 g/mol. The Labute approximate surface area is 308 Å². The van der Waals surface area contributed by atoms with E-state index in [-0.39, 0.29) is 80.5 Å².